The normalized spacial score (nSPS) is 25.4. The van der Waals surface area contributed by atoms with Crippen LogP contribution in [0.5, 0.6) is 5.75 Å². The summed E-state index contributed by atoms with van der Waals surface area (Å²) >= 11 is 0. The van der Waals surface area contributed by atoms with Gasteiger partial charge in [0.1, 0.15) is 11.6 Å². The molecule has 0 N–H and O–H groups in total. The van der Waals surface area contributed by atoms with Gasteiger partial charge in [0.05, 0.1) is 6.61 Å². The third-order valence-electron chi connectivity index (χ3n) is 3.42. The molecule has 0 atom stereocenters. The third-order valence-corrected chi connectivity index (χ3v) is 3.42. The molecular formula is C14H19FO. The number of hydrogen-bond acceptors (Lipinski definition) is 1. The topological polar surface area (TPSA) is 9.23 Å². The molecule has 2 rings (SSSR count). The molecular weight excluding hydrogens is 203 g/mol. The van der Waals surface area contributed by atoms with Gasteiger partial charge in [0.15, 0.2) is 0 Å². The van der Waals surface area contributed by atoms with Crippen molar-refractivity contribution in [2.24, 2.45) is 11.8 Å². The molecule has 1 saturated carbocycles. The largest absolute Gasteiger partial charge is 0.493 e. The molecule has 1 aromatic carbocycles. The van der Waals surface area contributed by atoms with Crippen LogP contribution in [0.2, 0.25) is 0 Å². The van der Waals surface area contributed by atoms with Crippen LogP contribution < -0.4 is 4.74 Å². The first-order valence-electron chi connectivity index (χ1n) is 6.12. The van der Waals surface area contributed by atoms with Gasteiger partial charge in [-0.2, -0.15) is 0 Å². The lowest BCUT2D eigenvalue weighted by atomic mass is 9.83. The lowest BCUT2D eigenvalue weighted by molar-refractivity contribution is 0.187. The molecule has 0 aliphatic heterocycles. The van der Waals surface area contributed by atoms with E-state index in [1.165, 1.54) is 37.8 Å². The zero-order chi connectivity index (χ0) is 11.4. The van der Waals surface area contributed by atoms with Crippen LogP contribution in [-0.4, -0.2) is 6.61 Å². The highest BCUT2D eigenvalue weighted by molar-refractivity contribution is 5.22. The summed E-state index contributed by atoms with van der Waals surface area (Å²) in [6.45, 7) is 3.04. The van der Waals surface area contributed by atoms with Crippen molar-refractivity contribution in [1.82, 2.24) is 0 Å². The van der Waals surface area contributed by atoms with Crippen molar-refractivity contribution in [2.75, 3.05) is 6.61 Å². The highest BCUT2D eigenvalue weighted by Gasteiger charge is 2.18. The molecule has 16 heavy (non-hydrogen) atoms. The van der Waals surface area contributed by atoms with Crippen LogP contribution in [0, 0.1) is 17.7 Å². The van der Waals surface area contributed by atoms with Gasteiger partial charge in [-0.25, -0.2) is 4.39 Å². The van der Waals surface area contributed by atoms with E-state index in [0.717, 1.165) is 12.5 Å². The van der Waals surface area contributed by atoms with Crippen molar-refractivity contribution in [2.45, 2.75) is 32.6 Å². The summed E-state index contributed by atoms with van der Waals surface area (Å²) in [6, 6.07) is 6.39. The summed E-state index contributed by atoms with van der Waals surface area (Å²) in [5, 5.41) is 0. The Morgan fingerprint density at radius 1 is 1.25 bits per heavy atom. The molecule has 1 nitrogen and oxygen atoms in total. The average molecular weight is 222 g/mol. The molecule has 1 fully saturated rings. The SMILES string of the molecule is CC1CCC(COc2cccc(F)c2)CC1. The van der Waals surface area contributed by atoms with Gasteiger partial charge in [-0.15, -0.1) is 0 Å². The maximum atomic E-state index is 12.9. The minimum absolute atomic E-state index is 0.227. The number of ether oxygens (including phenoxy) is 1. The molecule has 1 aromatic rings. The first-order valence-corrected chi connectivity index (χ1v) is 6.12. The molecule has 0 bridgehead atoms. The summed E-state index contributed by atoms with van der Waals surface area (Å²) < 4.78 is 18.5. The van der Waals surface area contributed by atoms with E-state index in [2.05, 4.69) is 6.92 Å². The fourth-order valence-electron chi connectivity index (χ4n) is 2.27. The first-order chi connectivity index (χ1) is 7.74. The van der Waals surface area contributed by atoms with E-state index in [-0.39, 0.29) is 5.82 Å². The van der Waals surface area contributed by atoms with Gasteiger partial charge in [0, 0.05) is 6.07 Å². The highest BCUT2D eigenvalue weighted by atomic mass is 19.1. The lowest BCUT2D eigenvalue weighted by Gasteiger charge is -2.25. The van der Waals surface area contributed by atoms with Crippen molar-refractivity contribution >= 4 is 0 Å². The third kappa shape index (κ3) is 3.22. The van der Waals surface area contributed by atoms with E-state index in [1.54, 1.807) is 6.07 Å². The van der Waals surface area contributed by atoms with E-state index in [9.17, 15) is 4.39 Å². The second-order valence-corrected chi connectivity index (χ2v) is 4.89. The minimum atomic E-state index is -0.227. The van der Waals surface area contributed by atoms with Gasteiger partial charge in [-0.3, -0.25) is 0 Å². The predicted octanol–water partition coefficient (Wildman–Crippen LogP) is 4.03. The Morgan fingerprint density at radius 3 is 2.69 bits per heavy atom. The van der Waals surface area contributed by atoms with Gasteiger partial charge in [-0.1, -0.05) is 25.8 Å². The zero-order valence-electron chi connectivity index (χ0n) is 9.79. The Morgan fingerprint density at radius 2 is 2.00 bits per heavy atom. The second-order valence-electron chi connectivity index (χ2n) is 4.89. The quantitative estimate of drug-likeness (QED) is 0.750. The lowest BCUT2D eigenvalue weighted by Crippen LogP contribution is -2.18. The number of benzene rings is 1. The standard InChI is InChI=1S/C14H19FO/c1-11-5-7-12(8-6-11)10-16-14-4-2-3-13(15)9-14/h2-4,9,11-12H,5-8,10H2,1H3. The molecule has 0 amide bonds. The van der Waals surface area contributed by atoms with Crippen LogP contribution in [0.15, 0.2) is 24.3 Å². The maximum absolute atomic E-state index is 12.9. The monoisotopic (exact) mass is 222 g/mol. The Bertz CT molecular complexity index is 329. The van der Waals surface area contributed by atoms with Crippen LogP contribution in [0.25, 0.3) is 0 Å². The van der Waals surface area contributed by atoms with Crippen molar-refractivity contribution < 1.29 is 9.13 Å². The minimum Gasteiger partial charge on any atom is -0.493 e. The molecule has 0 aromatic heterocycles. The molecule has 1 aliphatic rings. The van der Waals surface area contributed by atoms with Crippen molar-refractivity contribution in [3.05, 3.63) is 30.1 Å². The fraction of sp³-hybridized carbons (Fsp3) is 0.571. The molecule has 2 heteroatoms. The highest BCUT2D eigenvalue weighted by Crippen LogP contribution is 2.28. The molecule has 0 unspecified atom stereocenters. The number of hydrogen-bond donors (Lipinski definition) is 0. The summed E-state index contributed by atoms with van der Waals surface area (Å²) in [5.41, 5.74) is 0. The summed E-state index contributed by atoms with van der Waals surface area (Å²) in [6.07, 6.45) is 5.10. The summed E-state index contributed by atoms with van der Waals surface area (Å²) in [5.74, 6) is 1.94. The Hall–Kier alpha value is -1.05. The van der Waals surface area contributed by atoms with Crippen LogP contribution >= 0.6 is 0 Å². The molecule has 0 saturated heterocycles. The molecule has 0 radical (unpaired) electrons. The van der Waals surface area contributed by atoms with Gasteiger partial charge in [-0.05, 0) is 36.8 Å². The Kier molecular flexibility index (Phi) is 3.81. The van der Waals surface area contributed by atoms with E-state index < -0.39 is 0 Å². The predicted molar refractivity (Wildman–Crippen MR) is 63.0 cm³/mol. The van der Waals surface area contributed by atoms with Crippen molar-refractivity contribution in [1.29, 1.82) is 0 Å². The van der Waals surface area contributed by atoms with Crippen LogP contribution in [0.1, 0.15) is 32.6 Å². The van der Waals surface area contributed by atoms with Gasteiger partial charge >= 0.3 is 0 Å². The molecule has 1 aliphatic carbocycles. The molecule has 88 valence electrons. The zero-order valence-corrected chi connectivity index (χ0v) is 9.79. The van der Waals surface area contributed by atoms with Crippen LogP contribution in [0.3, 0.4) is 0 Å². The van der Waals surface area contributed by atoms with E-state index in [1.807, 2.05) is 6.07 Å². The average Bonchev–Trinajstić information content (AvgIpc) is 2.28. The Labute approximate surface area is 96.6 Å². The Balaban J connectivity index is 1.79. The first kappa shape index (κ1) is 11.4. The fourth-order valence-corrected chi connectivity index (χ4v) is 2.27. The maximum Gasteiger partial charge on any atom is 0.126 e. The van der Waals surface area contributed by atoms with Gasteiger partial charge in [0.25, 0.3) is 0 Å². The second kappa shape index (κ2) is 5.33. The van der Waals surface area contributed by atoms with Gasteiger partial charge < -0.3 is 4.74 Å². The van der Waals surface area contributed by atoms with Crippen molar-refractivity contribution in [3.8, 4) is 5.75 Å². The van der Waals surface area contributed by atoms with E-state index in [4.69, 9.17) is 4.74 Å². The van der Waals surface area contributed by atoms with Crippen molar-refractivity contribution in [3.63, 3.8) is 0 Å². The van der Waals surface area contributed by atoms with Gasteiger partial charge in [0.2, 0.25) is 0 Å². The molecule has 0 spiro atoms. The smallest absolute Gasteiger partial charge is 0.126 e. The number of rotatable bonds is 3. The summed E-state index contributed by atoms with van der Waals surface area (Å²) in [7, 11) is 0. The molecule has 0 heterocycles. The summed E-state index contributed by atoms with van der Waals surface area (Å²) in [4.78, 5) is 0. The number of halogens is 1. The van der Waals surface area contributed by atoms with Crippen LogP contribution in [-0.2, 0) is 0 Å². The van der Waals surface area contributed by atoms with E-state index >= 15 is 0 Å². The van der Waals surface area contributed by atoms with Crippen LogP contribution in [0.4, 0.5) is 4.39 Å². The van der Waals surface area contributed by atoms with E-state index in [0.29, 0.717) is 11.7 Å².